The van der Waals surface area contributed by atoms with Crippen molar-refractivity contribution in [3.05, 3.63) is 60.2 Å². The molecular formula is C17H14N4O2. The maximum absolute atomic E-state index is 5.38. The smallest absolute Gasteiger partial charge is 0.231 e. The first-order valence-corrected chi connectivity index (χ1v) is 7.21. The summed E-state index contributed by atoms with van der Waals surface area (Å²) in [6, 6.07) is 11.6. The molecule has 0 aliphatic heterocycles. The van der Waals surface area contributed by atoms with Gasteiger partial charge in [0.2, 0.25) is 11.7 Å². The summed E-state index contributed by atoms with van der Waals surface area (Å²) >= 11 is 0. The highest BCUT2D eigenvalue weighted by molar-refractivity contribution is 5.90. The van der Waals surface area contributed by atoms with Crippen LogP contribution in [0.25, 0.3) is 22.4 Å². The number of ether oxygens (including phenoxy) is 1. The van der Waals surface area contributed by atoms with Crippen molar-refractivity contribution in [1.29, 1.82) is 0 Å². The van der Waals surface area contributed by atoms with E-state index in [1.807, 2.05) is 42.6 Å². The summed E-state index contributed by atoms with van der Waals surface area (Å²) in [5.41, 5.74) is 2.80. The lowest BCUT2D eigenvalue weighted by Crippen LogP contribution is -1.90. The van der Waals surface area contributed by atoms with Gasteiger partial charge in [-0.05, 0) is 29.8 Å². The average molecular weight is 306 g/mol. The summed E-state index contributed by atoms with van der Waals surface area (Å²) < 4.78 is 10.5. The van der Waals surface area contributed by atoms with Crippen LogP contribution in [0.5, 0.6) is 5.75 Å². The fourth-order valence-corrected chi connectivity index (χ4v) is 2.51. The van der Waals surface area contributed by atoms with Crippen molar-refractivity contribution in [2.45, 2.75) is 6.42 Å². The van der Waals surface area contributed by atoms with Gasteiger partial charge in [0.05, 0.1) is 13.5 Å². The first-order valence-electron chi connectivity index (χ1n) is 7.21. The standard InChI is InChI=1S/C17H14N4O2/c1-22-12-4-2-11(3-5-12)10-15-20-17(21-23-15)14-7-9-19-16-13(14)6-8-18-16/h2-9H,10H2,1H3,(H,18,19). The van der Waals surface area contributed by atoms with Gasteiger partial charge in [-0.15, -0.1) is 0 Å². The summed E-state index contributed by atoms with van der Waals surface area (Å²) in [4.78, 5) is 11.8. The Labute approximate surface area is 132 Å². The Hall–Kier alpha value is -3.15. The van der Waals surface area contributed by atoms with E-state index in [-0.39, 0.29) is 0 Å². The summed E-state index contributed by atoms with van der Waals surface area (Å²) in [5.74, 6) is 1.97. The Balaban J connectivity index is 1.62. The fourth-order valence-electron chi connectivity index (χ4n) is 2.51. The number of aromatic nitrogens is 4. The molecule has 4 aromatic rings. The monoisotopic (exact) mass is 306 g/mol. The molecule has 0 saturated carbocycles. The first-order chi connectivity index (χ1) is 11.3. The number of nitrogens with one attached hydrogen (secondary N) is 1. The second kappa shape index (κ2) is 5.57. The third kappa shape index (κ3) is 2.55. The normalized spacial score (nSPS) is 11.0. The zero-order valence-electron chi connectivity index (χ0n) is 12.5. The van der Waals surface area contributed by atoms with E-state index < -0.39 is 0 Å². The van der Waals surface area contributed by atoms with Crippen LogP contribution in [-0.4, -0.2) is 27.2 Å². The third-order valence-corrected chi connectivity index (χ3v) is 3.68. The third-order valence-electron chi connectivity index (χ3n) is 3.68. The van der Waals surface area contributed by atoms with Crippen molar-refractivity contribution < 1.29 is 9.26 Å². The fraction of sp³-hybridized carbons (Fsp3) is 0.118. The van der Waals surface area contributed by atoms with E-state index in [2.05, 4.69) is 20.1 Å². The number of hydrogen-bond donors (Lipinski definition) is 1. The van der Waals surface area contributed by atoms with Gasteiger partial charge >= 0.3 is 0 Å². The lowest BCUT2D eigenvalue weighted by Gasteiger charge is -2.00. The van der Waals surface area contributed by atoms with Gasteiger partial charge in [-0.25, -0.2) is 4.98 Å². The van der Waals surface area contributed by atoms with Crippen LogP contribution in [0.3, 0.4) is 0 Å². The molecular weight excluding hydrogens is 292 g/mol. The van der Waals surface area contributed by atoms with E-state index >= 15 is 0 Å². The molecule has 0 amide bonds. The molecule has 0 spiro atoms. The van der Waals surface area contributed by atoms with Crippen LogP contribution in [-0.2, 0) is 6.42 Å². The van der Waals surface area contributed by atoms with Crippen LogP contribution in [0, 0.1) is 0 Å². The van der Waals surface area contributed by atoms with Gasteiger partial charge in [0, 0.05) is 23.3 Å². The molecule has 114 valence electrons. The first kappa shape index (κ1) is 13.5. The molecule has 1 N–H and O–H groups in total. The van der Waals surface area contributed by atoms with Gasteiger partial charge in [-0.1, -0.05) is 17.3 Å². The van der Waals surface area contributed by atoms with Gasteiger partial charge in [-0.3, -0.25) is 0 Å². The van der Waals surface area contributed by atoms with Crippen LogP contribution in [0.2, 0.25) is 0 Å². The number of rotatable bonds is 4. The van der Waals surface area contributed by atoms with Crippen molar-refractivity contribution in [2.75, 3.05) is 7.11 Å². The van der Waals surface area contributed by atoms with Crippen molar-refractivity contribution >= 4 is 11.0 Å². The summed E-state index contributed by atoms with van der Waals surface area (Å²) in [6.07, 6.45) is 4.16. The number of benzene rings is 1. The molecule has 3 aromatic heterocycles. The minimum Gasteiger partial charge on any atom is -0.497 e. The summed E-state index contributed by atoms with van der Waals surface area (Å²) in [7, 11) is 1.65. The molecule has 4 rings (SSSR count). The average Bonchev–Trinajstić information content (AvgIpc) is 3.24. The number of pyridine rings is 1. The Morgan fingerprint density at radius 1 is 1.13 bits per heavy atom. The van der Waals surface area contributed by atoms with E-state index in [9.17, 15) is 0 Å². The van der Waals surface area contributed by atoms with Gasteiger partial charge in [-0.2, -0.15) is 4.98 Å². The highest BCUT2D eigenvalue weighted by Gasteiger charge is 2.13. The van der Waals surface area contributed by atoms with E-state index in [1.165, 1.54) is 0 Å². The highest BCUT2D eigenvalue weighted by Crippen LogP contribution is 2.25. The maximum Gasteiger partial charge on any atom is 0.231 e. The molecule has 0 aliphatic rings. The van der Waals surface area contributed by atoms with Crippen molar-refractivity contribution in [3.8, 4) is 17.1 Å². The van der Waals surface area contributed by atoms with Gasteiger partial charge < -0.3 is 14.2 Å². The molecule has 23 heavy (non-hydrogen) atoms. The zero-order chi connectivity index (χ0) is 15.6. The number of H-pyrrole nitrogens is 1. The molecule has 0 saturated heterocycles. The zero-order valence-corrected chi connectivity index (χ0v) is 12.5. The van der Waals surface area contributed by atoms with Crippen LogP contribution >= 0.6 is 0 Å². The number of fused-ring (bicyclic) bond motifs is 1. The Kier molecular flexibility index (Phi) is 3.27. The quantitative estimate of drug-likeness (QED) is 0.626. The van der Waals surface area contributed by atoms with Crippen molar-refractivity contribution in [3.63, 3.8) is 0 Å². The van der Waals surface area contributed by atoms with Crippen molar-refractivity contribution in [1.82, 2.24) is 20.1 Å². The molecule has 6 nitrogen and oxygen atoms in total. The lowest BCUT2D eigenvalue weighted by molar-refractivity contribution is 0.385. The minimum atomic E-state index is 0.570. The Bertz CT molecular complexity index is 941. The van der Waals surface area contributed by atoms with E-state index in [0.717, 1.165) is 27.9 Å². The number of aromatic amines is 1. The minimum absolute atomic E-state index is 0.570. The van der Waals surface area contributed by atoms with Crippen LogP contribution in [0.1, 0.15) is 11.5 Å². The number of hydrogen-bond acceptors (Lipinski definition) is 5. The summed E-state index contributed by atoms with van der Waals surface area (Å²) in [5, 5.41) is 5.07. The maximum atomic E-state index is 5.38. The predicted molar refractivity (Wildman–Crippen MR) is 85.2 cm³/mol. The topological polar surface area (TPSA) is 76.8 Å². The predicted octanol–water partition coefficient (Wildman–Crippen LogP) is 3.21. The molecule has 0 atom stereocenters. The highest BCUT2D eigenvalue weighted by atomic mass is 16.5. The Morgan fingerprint density at radius 2 is 2.00 bits per heavy atom. The molecule has 1 aromatic carbocycles. The van der Waals surface area contributed by atoms with Gasteiger partial charge in [0.1, 0.15) is 11.4 Å². The van der Waals surface area contributed by atoms with Crippen LogP contribution < -0.4 is 4.74 Å². The molecule has 0 unspecified atom stereocenters. The van der Waals surface area contributed by atoms with Crippen LogP contribution in [0.15, 0.2) is 53.3 Å². The SMILES string of the molecule is COc1ccc(Cc2nc(-c3ccnc4[nH]ccc34)no2)cc1. The van der Waals surface area contributed by atoms with E-state index in [4.69, 9.17) is 9.26 Å². The lowest BCUT2D eigenvalue weighted by atomic mass is 10.1. The molecule has 0 radical (unpaired) electrons. The molecule has 3 heterocycles. The molecule has 6 heteroatoms. The molecule has 0 fully saturated rings. The second-order valence-corrected chi connectivity index (χ2v) is 5.14. The van der Waals surface area contributed by atoms with Gasteiger partial charge in [0.25, 0.3) is 0 Å². The summed E-state index contributed by atoms with van der Waals surface area (Å²) in [6.45, 7) is 0. The largest absolute Gasteiger partial charge is 0.497 e. The van der Waals surface area contributed by atoms with Crippen LogP contribution in [0.4, 0.5) is 0 Å². The number of methoxy groups -OCH3 is 1. The van der Waals surface area contributed by atoms with Gasteiger partial charge in [0.15, 0.2) is 0 Å². The molecule has 0 aliphatic carbocycles. The van der Waals surface area contributed by atoms with E-state index in [0.29, 0.717) is 18.1 Å². The van der Waals surface area contributed by atoms with E-state index in [1.54, 1.807) is 13.3 Å². The molecule has 0 bridgehead atoms. The number of nitrogens with zero attached hydrogens (tertiary/aromatic N) is 3. The Morgan fingerprint density at radius 3 is 2.83 bits per heavy atom. The van der Waals surface area contributed by atoms with Crippen molar-refractivity contribution in [2.24, 2.45) is 0 Å². The second-order valence-electron chi connectivity index (χ2n) is 5.14.